The van der Waals surface area contributed by atoms with E-state index in [9.17, 15) is 4.21 Å². The maximum Gasteiger partial charge on any atom is 0.234 e. The Morgan fingerprint density at radius 3 is 2.94 bits per heavy atom. The zero-order valence-electron chi connectivity index (χ0n) is 9.41. The summed E-state index contributed by atoms with van der Waals surface area (Å²) >= 11 is 0. The molecule has 4 nitrogen and oxygen atoms in total. The lowest BCUT2D eigenvalue weighted by Crippen LogP contribution is -1.93. The Labute approximate surface area is 106 Å². The summed E-state index contributed by atoms with van der Waals surface area (Å²) in [7, 11) is -1.01. The molecule has 0 radical (unpaired) electrons. The molecule has 1 unspecified atom stereocenters. The lowest BCUT2D eigenvalue weighted by atomic mass is 10.1. The quantitative estimate of drug-likeness (QED) is 0.514. The van der Waals surface area contributed by atoms with Crippen molar-refractivity contribution in [2.24, 2.45) is 0 Å². The van der Waals surface area contributed by atoms with Gasteiger partial charge in [-0.25, -0.2) is 13.2 Å². The molecule has 0 fully saturated rings. The fourth-order valence-corrected chi connectivity index (χ4v) is 3.14. The maximum atomic E-state index is 11.4. The van der Waals surface area contributed by atoms with Crippen molar-refractivity contribution >= 4 is 22.0 Å². The average molecular weight is 255 g/mol. The van der Waals surface area contributed by atoms with Gasteiger partial charge in [0, 0.05) is 18.3 Å². The zero-order chi connectivity index (χ0) is 12.1. The second kappa shape index (κ2) is 3.49. The SMILES string of the molecule is O=S1c2nc3c(Cc4ccccn4)cccc3n21. The van der Waals surface area contributed by atoms with Gasteiger partial charge in [-0.05, 0) is 23.8 Å². The number of fused-ring (bicyclic) bond motifs is 3. The van der Waals surface area contributed by atoms with E-state index in [2.05, 4.69) is 9.97 Å². The monoisotopic (exact) mass is 255 g/mol. The molecular weight excluding hydrogens is 246 g/mol. The summed E-state index contributed by atoms with van der Waals surface area (Å²) in [5.74, 6) is 0. The number of hydrogen-bond acceptors (Lipinski definition) is 3. The molecule has 1 aliphatic rings. The van der Waals surface area contributed by atoms with Gasteiger partial charge in [0.25, 0.3) is 0 Å². The van der Waals surface area contributed by atoms with E-state index in [4.69, 9.17) is 0 Å². The van der Waals surface area contributed by atoms with Crippen molar-refractivity contribution in [2.75, 3.05) is 0 Å². The summed E-state index contributed by atoms with van der Waals surface area (Å²) in [6.07, 6.45) is 2.54. The molecule has 4 rings (SSSR count). The second-order valence-electron chi connectivity index (χ2n) is 4.22. The van der Waals surface area contributed by atoms with E-state index in [0.717, 1.165) is 28.7 Å². The molecule has 88 valence electrons. The summed E-state index contributed by atoms with van der Waals surface area (Å²) < 4.78 is 13.2. The lowest BCUT2D eigenvalue weighted by molar-refractivity contribution is 0.691. The molecule has 1 atom stereocenters. The number of nitrogens with zero attached hydrogens (tertiary/aromatic N) is 3. The van der Waals surface area contributed by atoms with Gasteiger partial charge in [0.2, 0.25) is 5.16 Å². The van der Waals surface area contributed by atoms with Crippen LogP contribution in [0.5, 0.6) is 0 Å². The lowest BCUT2D eigenvalue weighted by Gasteiger charge is -2.02. The minimum Gasteiger partial charge on any atom is -0.261 e. The predicted octanol–water partition coefficient (Wildman–Crippen LogP) is 1.91. The maximum absolute atomic E-state index is 11.4. The van der Waals surface area contributed by atoms with Gasteiger partial charge in [-0.1, -0.05) is 18.2 Å². The number of imidazole rings is 1. The first kappa shape index (κ1) is 9.96. The summed E-state index contributed by atoms with van der Waals surface area (Å²) in [6.45, 7) is 0. The largest absolute Gasteiger partial charge is 0.261 e. The molecule has 0 bridgehead atoms. The van der Waals surface area contributed by atoms with Crippen LogP contribution in [0.2, 0.25) is 0 Å². The molecule has 0 saturated carbocycles. The van der Waals surface area contributed by atoms with Crippen LogP contribution < -0.4 is 0 Å². The highest BCUT2D eigenvalue weighted by Crippen LogP contribution is 2.32. The molecular formula is C13H9N3OS. The van der Waals surface area contributed by atoms with Crippen LogP contribution in [0.1, 0.15) is 11.3 Å². The normalized spacial score (nSPS) is 16.8. The Morgan fingerprint density at radius 1 is 1.17 bits per heavy atom. The molecule has 3 heterocycles. The van der Waals surface area contributed by atoms with Crippen LogP contribution in [-0.2, 0) is 17.4 Å². The molecule has 1 aromatic carbocycles. The van der Waals surface area contributed by atoms with Crippen LogP contribution in [0.25, 0.3) is 11.0 Å². The number of para-hydroxylation sites is 1. The number of benzene rings is 1. The van der Waals surface area contributed by atoms with Crippen molar-refractivity contribution in [1.82, 2.24) is 13.9 Å². The highest BCUT2D eigenvalue weighted by atomic mass is 32.2. The minimum atomic E-state index is -1.01. The van der Waals surface area contributed by atoms with Crippen LogP contribution in [0.3, 0.4) is 0 Å². The van der Waals surface area contributed by atoms with Crippen molar-refractivity contribution < 1.29 is 4.21 Å². The molecule has 0 saturated heterocycles. The van der Waals surface area contributed by atoms with Crippen molar-refractivity contribution in [2.45, 2.75) is 11.6 Å². The Kier molecular flexibility index (Phi) is 1.93. The van der Waals surface area contributed by atoms with Crippen molar-refractivity contribution in [3.63, 3.8) is 0 Å². The molecule has 2 aromatic heterocycles. The van der Waals surface area contributed by atoms with Crippen LogP contribution in [0, 0.1) is 0 Å². The van der Waals surface area contributed by atoms with E-state index < -0.39 is 11.0 Å². The Hall–Kier alpha value is -2.01. The number of aromatic nitrogens is 3. The second-order valence-corrected chi connectivity index (χ2v) is 5.45. The Bertz CT molecular complexity index is 780. The van der Waals surface area contributed by atoms with E-state index in [0.29, 0.717) is 5.16 Å². The van der Waals surface area contributed by atoms with E-state index in [1.54, 1.807) is 10.2 Å². The summed E-state index contributed by atoms with van der Waals surface area (Å²) in [6, 6.07) is 11.9. The van der Waals surface area contributed by atoms with Gasteiger partial charge < -0.3 is 0 Å². The van der Waals surface area contributed by atoms with E-state index >= 15 is 0 Å². The van der Waals surface area contributed by atoms with Gasteiger partial charge >= 0.3 is 0 Å². The fourth-order valence-electron chi connectivity index (χ4n) is 2.20. The van der Waals surface area contributed by atoms with Crippen molar-refractivity contribution in [1.29, 1.82) is 0 Å². The van der Waals surface area contributed by atoms with Gasteiger partial charge in [-0.2, -0.15) is 0 Å². The fraction of sp³-hybridized carbons (Fsp3) is 0.0769. The van der Waals surface area contributed by atoms with Gasteiger partial charge in [-0.15, -0.1) is 0 Å². The van der Waals surface area contributed by atoms with Crippen LogP contribution in [0.15, 0.2) is 47.8 Å². The summed E-state index contributed by atoms with van der Waals surface area (Å²) in [5.41, 5.74) is 4.04. The number of pyridine rings is 1. The molecule has 0 aliphatic carbocycles. The zero-order valence-corrected chi connectivity index (χ0v) is 10.2. The van der Waals surface area contributed by atoms with Crippen molar-refractivity contribution in [3.05, 3.63) is 53.9 Å². The van der Waals surface area contributed by atoms with Gasteiger partial charge in [0.1, 0.15) is 0 Å². The molecule has 0 N–H and O–H groups in total. The standard InChI is InChI=1S/C13H9N3OS/c17-18-13-15-12-9(4-3-6-11(12)16(13)18)8-10-5-1-2-7-14-10/h1-7H,8H2. The van der Waals surface area contributed by atoms with Crippen LogP contribution >= 0.6 is 0 Å². The smallest absolute Gasteiger partial charge is 0.234 e. The highest BCUT2D eigenvalue weighted by Gasteiger charge is 2.34. The topological polar surface area (TPSA) is 47.8 Å². The van der Waals surface area contributed by atoms with Crippen molar-refractivity contribution in [3.8, 4) is 0 Å². The molecule has 1 aliphatic heterocycles. The van der Waals surface area contributed by atoms with Gasteiger partial charge in [0.15, 0.2) is 11.0 Å². The molecule has 3 aromatic rings. The van der Waals surface area contributed by atoms with E-state index in [1.165, 1.54) is 0 Å². The number of hydrogen-bond donors (Lipinski definition) is 0. The summed E-state index contributed by atoms with van der Waals surface area (Å²) in [5, 5.41) is 0.679. The first-order valence-corrected chi connectivity index (χ1v) is 6.78. The van der Waals surface area contributed by atoms with Gasteiger partial charge in [-0.3, -0.25) is 4.98 Å². The third kappa shape index (κ3) is 1.34. The third-order valence-electron chi connectivity index (χ3n) is 3.09. The number of rotatable bonds is 2. The molecule has 5 heteroatoms. The van der Waals surface area contributed by atoms with Gasteiger partial charge in [0.05, 0.1) is 11.0 Å². The Balaban J connectivity index is 1.83. The van der Waals surface area contributed by atoms with E-state index in [1.807, 2.05) is 36.4 Å². The highest BCUT2D eigenvalue weighted by molar-refractivity contribution is 7.89. The predicted molar refractivity (Wildman–Crippen MR) is 68.6 cm³/mol. The molecule has 0 amide bonds. The third-order valence-corrected chi connectivity index (χ3v) is 4.20. The Morgan fingerprint density at radius 2 is 2.11 bits per heavy atom. The molecule has 18 heavy (non-hydrogen) atoms. The van der Waals surface area contributed by atoms with Crippen LogP contribution in [-0.4, -0.2) is 18.1 Å². The van der Waals surface area contributed by atoms with E-state index in [-0.39, 0.29) is 0 Å². The first-order valence-electron chi connectivity index (χ1n) is 5.67. The van der Waals surface area contributed by atoms with Crippen LogP contribution in [0.4, 0.5) is 0 Å². The first-order chi connectivity index (χ1) is 8.84. The average Bonchev–Trinajstić information content (AvgIpc) is 2.86. The minimum absolute atomic E-state index is 0.679. The molecule has 0 spiro atoms. The summed E-state index contributed by atoms with van der Waals surface area (Å²) in [4.78, 5) is 8.74.